The minimum absolute atomic E-state index is 0.272. The van der Waals surface area contributed by atoms with Crippen LogP contribution in [0.5, 0.6) is 5.75 Å². The van der Waals surface area contributed by atoms with Crippen molar-refractivity contribution in [2.24, 2.45) is 0 Å². The van der Waals surface area contributed by atoms with Crippen LogP contribution >= 0.6 is 0 Å². The van der Waals surface area contributed by atoms with E-state index in [1.807, 2.05) is 25.1 Å². The van der Waals surface area contributed by atoms with Gasteiger partial charge in [0.2, 0.25) is 0 Å². The number of rotatable bonds is 4. The van der Waals surface area contributed by atoms with E-state index in [4.69, 9.17) is 9.84 Å². The number of aliphatic carboxylic acids is 1. The molecule has 0 saturated heterocycles. The Bertz CT molecular complexity index is 471. The van der Waals surface area contributed by atoms with Crippen LogP contribution in [-0.4, -0.2) is 17.2 Å². The Hall–Kier alpha value is -1.77. The van der Waals surface area contributed by atoms with Crippen LogP contribution in [0.2, 0.25) is 0 Å². The van der Waals surface area contributed by atoms with Crippen molar-refractivity contribution in [1.82, 2.24) is 0 Å². The van der Waals surface area contributed by atoms with Crippen LogP contribution in [0.3, 0.4) is 0 Å². The van der Waals surface area contributed by atoms with E-state index in [1.165, 1.54) is 19.3 Å². The van der Waals surface area contributed by atoms with E-state index >= 15 is 0 Å². The summed E-state index contributed by atoms with van der Waals surface area (Å²) < 4.78 is 6.03. The smallest absolute Gasteiger partial charge is 0.328 e. The van der Waals surface area contributed by atoms with Crippen molar-refractivity contribution in [3.8, 4) is 5.75 Å². The summed E-state index contributed by atoms with van der Waals surface area (Å²) in [6.07, 6.45) is 8.95. The molecule has 0 aromatic heterocycles. The van der Waals surface area contributed by atoms with Crippen LogP contribution in [0.15, 0.2) is 24.3 Å². The summed E-state index contributed by atoms with van der Waals surface area (Å²) in [5, 5.41) is 8.73. The minimum Gasteiger partial charge on any atom is -0.490 e. The molecule has 1 aliphatic carbocycles. The monoisotopic (exact) mass is 260 g/mol. The van der Waals surface area contributed by atoms with Gasteiger partial charge in [0.1, 0.15) is 5.75 Å². The third-order valence-electron chi connectivity index (χ3n) is 3.42. The maximum atomic E-state index is 10.6. The Morgan fingerprint density at radius 1 is 1.32 bits per heavy atom. The van der Waals surface area contributed by atoms with Crippen LogP contribution in [0.1, 0.15) is 43.2 Å². The fourth-order valence-corrected chi connectivity index (χ4v) is 2.43. The first-order valence-electron chi connectivity index (χ1n) is 6.83. The molecule has 0 bridgehead atoms. The molecule has 1 aromatic rings. The first-order chi connectivity index (χ1) is 9.15. The van der Waals surface area contributed by atoms with Crippen molar-refractivity contribution in [2.45, 2.75) is 45.1 Å². The fraction of sp³-hybridized carbons (Fsp3) is 0.438. The van der Waals surface area contributed by atoms with Gasteiger partial charge in [0, 0.05) is 11.6 Å². The van der Waals surface area contributed by atoms with Gasteiger partial charge in [0.05, 0.1) is 6.10 Å². The lowest BCUT2D eigenvalue weighted by molar-refractivity contribution is -0.131. The molecule has 0 atom stereocenters. The molecule has 1 aliphatic rings. The predicted octanol–water partition coefficient (Wildman–Crippen LogP) is 3.80. The van der Waals surface area contributed by atoms with Crippen LogP contribution in [0.25, 0.3) is 6.08 Å². The molecular formula is C16H20O3. The normalized spacial score (nSPS) is 16.7. The summed E-state index contributed by atoms with van der Waals surface area (Å²) in [5.74, 6) is -0.153. The van der Waals surface area contributed by atoms with Gasteiger partial charge in [-0.1, -0.05) is 18.1 Å². The number of aryl methyl sites for hydroxylation is 1. The average molecular weight is 260 g/mol. The van der Waals surface area contributed by atoms with Gasteiger partial charge in [-0.05, 0) is 50.8 Å². The molecule has 0 spiro atoms. The third-order valence-corrected chi connectivity index (χ3v) is 3.42. The van der Waals surface area contributed by atoms with Gasteiger partial charge in [-0.2, -0.15) is 0 Å². The Morgan fingerprint density at radius 2 is 2.05 bits per heavy atom. The molecule has 3 nitrogen and oxygen atoms in total. The van der Waals surface area contributed by atoms with E-state index in [0.717, 1.165) is 35.8 Å². The molecule has 1 N–H and O–H groups in total. The Morgan fingerprint density at radius 3 is 2.74 bits per heavy atom. The maximum absolute atomic E-state index is 10.6. The molecule has 1 aromatic carbocycles. The third kappa shape index (κ3) is 4.12. The van der Waals surface area contributed by atoms with Gasteiger partial charge in [0.15, 0.2) is 0 Å². The van der Waals surface area contributed by atoms with Crippen molar-refractivity contribution in [2.75, 3.05) is 0 Å². The second-order valence-electron chi connectivity index (χ2n) is 5.09. The van der Waals surface area contributed by atoms with Crippen molar-refractivity contribution < 1.29 is 14.6 Å². The number of carboxylic acid groups (broad SMARTS) is 1. The number of hydrogen-bond acceptors (Lipinski definition) is 2. The highest BCUT2D eigenvalue weighted by molar-refractivity contribution is 5.85. The standard InChI is InChI=1S/C16H20O3/c1-12-7-9-15(13(11-12)8-10-16(17)18)19-14-5-3-2-4-6-14/h7-11,14H,2-6H2,1H3,(H,17,18). The molecular weight excluding hydrogens is 240 g/mol. The van der Waals surface area contributed by atoms with Gasteiger partial charge in [-0.15, -0.1) is 0 Å². The first-order valence-corrected chi connectivity index (χ1v) is 6.83. The Labute approximate surface area is 113 Å². The number of ether oxygens (including phenoxy) is 1. The molecule has 1 fully saturated rings. The van der Waals surface area contributed by atoms with Gasteiger partial charge < -0.3 is 9.84 Å². The van der Waals surface area contributed by atoms with Crippen LogP contribution in [0, 0.1) is 6.92 Å². The van der Waals surface area contributed by atoms with Crippen LogP contribution < -0.4 is 4.74 Å². The van der Waals surface area contributed by atoms with Crippen molar-refractivity contribution in [3.05, 3.63) is 35.4 Å². The van der Waals surface area contributed by atoms with Crippen molar-refractivity contribution >= 4 is 12.0 Å². The summed E-state index contributed by atoms with van der Waals surface area (Å²) >= 11 is 0. The topological polar surface area (TPSA) is 46.5 Å². The highest BCUT2D eigenvalue weighted by Crippen LogP contribution is 2.27. The van der Waals surface area contributed by atoms with E-state index < -0.39 is 5.97 Å². The zero-order valence-corrected chi connectivity index (χ0v) is 11.3. The Kier molecular flexibility index (Phi) is 4.61. The number of carboxylic acids is 1. The lowest BCUT2D eigenvalue weighted by Gasteiger charge is -2.24. The largest absolute Gasteiger partial charge is 0.490 e. The number of hydrogen-bond donors (Lipinski definition) is 1. The van der Waals surface area contributed by atoms with Gasteiger partial charge in [-0.25, -0.2) is 4.79 Å². The van der Waals surface area contributed by atoms with Gasteiger partial charge in [-0.3, -0.25) is 0 Å². The van der Waals surface area contributed by atoms with E-state index in [1.54, 1.807) is 6.08 Å². The highest BCUT2D eigenvalue weighted by Gasteiger charge is 2.15. The summed E-state index contributed by atoms with van der Waals surface area (Å²) in [7, 11) is 0. The first kappa shape index (κ1) is 13.7. The fourth-order valence-electron chi connectivity index (χ4n) is 2.43. The van der Waals surface area contributed by atoms with Crippen molar-refractivity contribution in [3.63, 3.8) is 0 Å². The van der Waals surface area contributed by atoms with Crippen LogP contribution in [0.4, 0.5) is 0 Å². The zero-order valence-electron chi connectivity index (χ0n) is 11.3. The molecule has 0 heterocycles. The van der Waals surface area contributed by atoms with Gasteiger partial charge >= 0.3 is 5.97 Å². The molecule has 0 aliphatic heterocycles. The molecule has 1 saturated carbocycles. The molecule has 2 rings (SSSR count). The molecule has 3 heteroatoms. The molecule has 0 amide bonds. The lowest BCUT2D eigenvalue weighted by Crippen LogP contribution is -2.20. The second-order valence-corrected chi connectivity index (χ2v) is 5.09. The second kappa shape index (κ2) is 6.41. The van der Waals surface area contributed by atoms with E-state index in [9.17, 15) is 4.79 Å². The molecule has 0 radical (unpaired) electrons. The minimum atomic E-state index is -0.940. The Balaban J connectivity index is 2.15. The molecule has 102 valence electrons. The SMILES string of the molecule is Cc1ccc(OC2CCCCC2)c(C=CC(=O)O)c1. The number of benzene rings is 1. The highest BCUT2D eigenvalue weighted by atomic mass is 16.5. The van der Waals surface area contributed by atoms with E-state index in [0.29, 0.717) is 0 Å². The number of carbonyl (C=O) groups is 1. The van der Waals surface area contributed by atoms with E-state index in [-0.39, 0.29) is 6.10 Å². The van der Waals surface area contributed by atoms with Gasteiger partial charge in [0.25, 0.3) is 0 Å². The van der Waals surface area contributed by atoms with Crippen LogP contribution in [-0.2, 0) is 4.79 Å². The van der Waals surface area contributed by atoms with E-state index in [2.05, 4.69) is 0 Å². The summed E-state index contributed by atoms with van der Waals surface area (Å²) in [4.78, 5) is 10.6. The van der Waals surface area contributed by atoms with Crippen molar-refractivity contribution in [1.29, 1.82) is 0 Å². The average Bonchev–Trinajstić information content (AvgIpc) is 2.40. The lowest BCUT2D eigenvalue weighted by atomic mass is 9.97. The summed E-state index contributed by atoms with van der Waals surface area (Å²) in [6.45, 7) is 1.99. The molecule has 19 heavy (non-hydrogen) atoms. The molecule has 0 unspecified atom stereocenters. The quantitative estimate of drug-likeness (QED) is 0.837. The summed E-state index contributed by atoms with van der Waals surface area (Å²) in [5.41, 5.74) is 1.94. The summed E-state index contributed by atoms with van der Waals surface area (Å²) in [6, 6.07) is 5.89. The zero-order chi connectivity index (χ0) is 13.7. The predicted molar refractivity (Wildman–Crippen MR) is 75.3 cm³/mol. The maximum Gasteiger partial charge on any atom is 0.328 e.